The second-order valence-corrected chi connectivity index (χ2v) is 4.23. The van der Waals surface area contributed by atoms with Crippen molar-refractivity contribution in [2.75, 3.05) is 11.9 Å². The summed E-state index contributed by atoms with van der Waals surface area (Å²) < 4.78 is 52.8. The van der Waals surface area contributed by atoms with E-state index in [1.54, 1.807) is 6.07 Å². The van der Waals surface area contributed by atoms with Crippen LogP contribution in [0.15, 0.2) is 36.4 Å². The van der Waals surface area contributed by atoms with Crippen molar-refractivity contribution >= 4 is 5.69 Å². The topological polar surface area (TPSA) is 38.0 Å². The van der Waals surface area contributed by atoms with Crippen LogP contribution in [0, 0.1) is 23.3 Å². The van der Waals surface area contributed by atoms with Crippen molar-refractivity contribution in [1.82, 2.24) is 0 Å². The van der Waals surface area contributed by atoms with Crippen molar-refractivity contribution in [1.29, 1.82) is 0 Å². The van der Waals surface area contributed by atoms with Gasteiger partial charge in [0.15, 0.2) is 11.6 Å². The van der Waals surface area contributed by atoms with Gasteiger partial charge in [0, 0.05) is 23.9 Å². The monoisotopic (exact) mass is 284 g/mol. The van der Waals surface area contributed by atoms with E-state index in [9.17, 15) is 17.6 Å². The Morgan fingerprint density at radius 3 is 2.30 bits per heavy atom. The third-order valence-corrected chi connectivity index (χ3v) is 2.82. The lowest BCUT2D eigenvalue weighted by atomic mass is 10.1. The number of hydrogen-bond donors (Lipinski definition) is 2. The van der Waals surface area contributed by atoms with Gasteiger partial charge < -0.3 is 11.1 Å². The predicted molar refractivity (Wildman–Crippen MR) is 68.1 cm³/mol. The summed E-state index contributed by atoms with van der Waals surface area (Å²) in [6.07, 6.45) is 0. The van der Waals surface area contributed by atoms with Crippen LogP contribution in [0.4, 0.5) is 23.2 Å². The Labute approximate surface area is 113 Å². The molecule has 0 spiro atoms. The maximum absolute atomic E-state index is 13.7. The summed E-state index contributed by atoms with van der Waals surface area (Å²) in [7, 11) is 0. The van der Waals surface area contributed by atoms with Gasteiger partial charge in [0.05, 0.1) is 6.04 Å². The van der Waals surface area contributed by atoms with Gasteiger partial charge in [0.2, 0.25) is 0 Å². The van der Waals surface area contributed by atoms with Crippen LogP contribution in [0.5, 0.6) is 0 Å². The number of benzene rings is 2. The Hall–Kier alpha value is -2.08. The maximum atomic E-state index is 13.7. The number of nitrogens with one attached hydrogen (secondary N) is 1. The van der Waals surface area contributed by atoms with Gasteiger partial charge in [0.1, 0.15) is 11.6 Å². The van der Waals surface area contributed by atoms with E-state index in [0.29, 0.717) is 11.8 Å². The van der Waals surface area contributed by atoms with E-state index in [1.165, 1.54) is 18.2 Å². The molecule has 1 unspecified atom stereocenters. The van der Waals surface area contributed by atoms with Crippen LogP contribution in [0.1, 0.15) is 11.6 Å². The molecule has 2 aromatic carbocycles. The molecular formula is C14H12F4N2. The normalized spacial score (nSPS) is 12.2. The minimum absolute atomic E-state index is 0.0709. The highest BCUT2D eigenvalue weighted by atomic mass is 19.2. The molecule has 0 aliphatic rings. The highest BCUT2D eigenvalue weighted by Crippen LogP contribution is 2.24. The Morgan fingerprint density at radius 2 is 1.65 bits per heavy atom. The standard InChI is InChI=1S/C14H12F4N2/c15-8-2-1-3-9(4-8)20-14(7-19)10-5-12(17)13(18)6-11(10)16/h1-6,14,20H,7,19H2. The number of rotatable bonds is 4. The minimum atomic E-state index is -1.27. The van der Waals surface area contributed by atoms with E-state index in [4.69, 9.17) is 5.73 Å². The van der Waals surface area contributed by atoms with Crippen LogP contribution in [-0.4, -0.2) is 6.54 Å². The lowest BCUT2D eigenvalue weighted by molar-refractivity contribution is 0.486. The maximum Gasteiger partial charge on any atom is 0.161 e. The molecule has 2 rings (SSSR count). The second-order valence-electron chi connectivity index (χ2n) is 4.23. The molecule has 0 saturated carbocycles. The SMILES string of the molecule is NCC(Nc1cccc(F)c1)c1cc(F)c(F)cc1F. The molecule has 106 valence electrons. The zero-order valence-corrected chi connectivity index (χ0v) is 10.3. The summed E-state index contributed by atoms with van der Waals surface area (Å²) >= 11 is 0. The third-order valence-electron chi connectivity index (χ3n) is 2.82. The molecule has 0 aliphatic heterocycles. The molecule has 0 saturated heterocycles. The van der Waals surface area contributed by atoms with Crippen molar-refractivity contribution in [2.45, 2.75) is 6.04 Å². The average Bonchev–Trinajstić information content (AvgIpc) is 2.40. The molecule has 0 fully saturated rings. The molecule has 20 heavy (non-hydrogen) atoms. The number of halogens is 4. The summed E-state index contributed by atoms with van der Waals surface area (Å²) in [5.41, 5.74) is 5.76. The summed E-state index contributed by atoms with van der Waals surface area (Å²) in [6, 6.07) is 5.87. The molecule has 0 bridgehead atoms. The van der Waals surface area contributed by atoms with Gasteiger partial charge in [-0.2, -0.15) is 0 Å². The fraction of sp³-hybridized carbons (Fsp3) is 0.143. The van der Waals surface area contributed by atoms with Gasteiger partial charge in [-0.1, -0.05) is 6.07 Å². The van der Waals surface area contributed by atoms with Gasteiger partial charge in [-0.3, -0.25) is 0 Å². The van der Waals surface area contributed by atoms with Crippen LogP contribution in [0.25, 0.3) is 0 Å². The first-order chi connectivity index (χ1) is 9.51. The number of hydrogen-bond acceptors (Lipinski definition) is 2. The molecule has 2 aromatic rings. The van der Waals surface area contributed by atoms with Gasteiger partial charge in [-0.05, 0) is 24.3 Å². The van der Waals surface area contributed by atoms with Crippen LogP contribution in [0.3, 0.4) is 0 Å². The largest absolute Gasteiger partial charge is 0.377 e. The summed E-state index contributed by atoms with van der Waals surface area (Å²) in [4.78, 5) is 0. The summed E-state index contributed by atoms with van der Waals surface area (Å²) in [6.45, 7) is -0.0709. The van der Waals surface area contributed by atoms with Crippen molar-refractivity contribution < 1.29 is 17.6 Å². The van der Waals surface area contributed by atoms with Crippen LogP contribution in [-0.2, 0) is 0 Å². The molecule has 0 aromatic heterocycles. The Bertz CT molecular complexity index is 616. The fourth-order valence-corrected chi connectivity index (χ4v) is 1.85. The lowest BCUT2D eigenvalue weighted by Crippen LogP contribution is -2.22. The van der Waals surface area contributed by atoms with Crippen LogP contribution < -0.4 is 11.1 Å². The lowest BCUT2D eigenvalue weighted by Gasteiger charge is -2.19. The first-order valence-corrected chi connectivity index (χ1v) is 5.88. The Kier molecular flexibility index (Phi) is 4.24. The van der Waals surface area contributed by atoms with Crippen LogP contribution in [0.2, 0.25) is 0 Å². The van der Waals surface area contributed by atoms with Gasteiger partial charge in [-0.15, -0.1) is 0 Å². The van der Waals surface area contributed by atoms with Crippen molar-refractivity contribution in [3.63, 3.8) is 0 Å². The van der Waals surface area contributed by atoms with Crippen LogP contribution >= 0.6 is 0 Å². The van der Waals surface area contributed by atoms with Gasteiger partial charge >= 0.3 is 0 Å². The van der Waals surface area contributed by atoms with E-state index < -0.39 is 29.3 Å². The van der Waals surface area contributed by atoms with E-state index >= 15 is 0 Å². The Balaban J connectivity index is 2.31. The van der Waals surface area contributed by atoms with E-state index in [0.717, 1.165) is 6.07 Å². The van der Waals surface area contributed by atoms with Crippen molar-refractivity contribution in [2.24, 2.45) is 5.73 Å². The van der Waals surface area contributed by atoms with E-state index in [2.05, 4.69) is 5.32 Å². The zero-order chi connectivity index (χ0) is 14.7. The van der Waals surface area contributed by atoms with Crippen molar-refractivity contribution in [3.05, 3.63) is 65.2 Å². The number of anilines is 1. The van der Waals surface area contributed by atoms with Gasteiger partial charge in [-0.25, -0.2) is 17.6 Å². The predicted octanol–water partition coefficient (Wildman–Crippen LogP) is 3.35. The highest BCUT2D eigenvalue weighted by Gasteiger charge is 2.18. The molecule has 6 heteroatoms. The molecular weight excluding hydrogens is 272 g/mol. The summed E-state index contributed by atoms with van der Waals surface area (Å²) in [5, 5.41) is 2.78. The molecule has 0 aliphatic carbocycles. The zero-order valence-electron chi connectivity index (χ0n) is 10.3. The Morgan fingerprint density at radius 1 is 0.950 bits per heavy atom. The van der Waals surface area contributed by atoms with E-state index in [-0.39, 0.29) is 12.1 Å². The third kappa shape index (κ3) is 3.08. The minimum Gasteiger partial charge on any atom is -0.377 e. The molecule has 3 N–H and O–H groups in total. The smallest absolute Gasteiger partial charge is 0.161 e. The molecule has 0 radical (unpaired) electrons. The molecule has 2 nitrogen and oxygen atoms in total. The molecule has 0 amide bonds. The summed E-state index contributed by atoms with van der Waals surface area (Å²) in [5.74, 6) is -3.83. The quantitative estimate of drug-likeness (QED) is 0.667. The first-order valence-electron chi connectivity index (χ1n) is 5.88. The second kappa shape index (κ2) is 5.92. The van der Waals surface area contributed by atoms with Gasteiger partial charge in [0.25, 0.3) is 0 Å². The molecule has 0 heterocycles. The number of nitrogens with two attached hydrogens (primary N) is 1. The average molecular weight is 284 g/mol. The molecule has 1 atom stereocenters. The van der Waals surface area contributed by atoms with E-state index in [1.807, 2.05) is 0 Å². The fourth-order valence-electron chi connectivity index (χ4n) is 1.85. The van der Waals surface area contributed by atoms with Crippen molar-refractivity contribution in [3.8, 4) is 0 Å². The highest BCUT2D eigenvalue weighted by molar-refractivity contribution is 5.46. The first kappa shape index (κ1) is 14.3.